The van der Waals surface area contributed by atoms with Gasteiger partial charge in [0.05, 0.1) is 41.3 Å². The summed E-state index contributed by atoms with van der Waals surface area (Å²) in [5, 5.41) is 21.6. The van der Waals surface area contributed by atoms with Crippen LogP contribution in [0.4, 0.5) is 0 Å². The fourth-order valence-electron chi connectivity index (χ4n) is 6.29. The molecule has 0 fully saturated rings. The summed E-state index contributed by atoms with van der Waals surface area (Å²) < 4.78 is 1.74. The highest BCUT2D eigenvalue weighted by atomic mass is 16.3. The van der Waals surface area contributed by atoms with Gasteiger partial charge in [0.1, 0.15) is 25.3 Å². The molecule has 0 aromatic heterocycles. The van der Waals surface area contributed by atoms with E-state index in [1.807, 2.05) is 7.05 Å². The zero-order valence-corrected chi connectivity index (χ0v) is 28.8. The van der Waals surface area contributed by atoms with Crippen molar-refractivity contribution in [2.24, 2.45) is 0 Å². The highest BCUT2D eigenvalue weighted by Crippen LogP contribution is 2.14. The molecule has 0 saturated heterocycles. The molecule has 0 bridgehead atoms. The predicted molar refractivity (Wildman–Crippen MR) is 177 cm³/mol. The van der Waals surface area contributed by atoms with Crippen molar-refractivity contribution < 1.29 is 19.2 Å². The van der Waals surface area contributed by atoms with Gasteiger partial charge < -0.3 is 24.1 Å². The Morgan fingerprint density at radius 2 is 0.700 bits per heavy atom. The second-order valence-electron chi connectivity index (χ2n) is 14.6. The number of aliphatic hydroxyl groups is 2. The van der Waals surface area contributed by atoms with Gasteiger partial charge in [0.2, 0.25) is 0 Å². The maximum atomic E-state index is 10.8. The van der Waals surface area contributed by atoms with Gasteiger partial charge in [0.25, 0.3) is 0 Å². The van der Waals surface area contributed by atoms with Crippen LogP contribution < -0.4 is 0 Å². The minimum absolute atomic E-state index is 0.357. The Bertz CT molecular complexity index is 495. The molecular weight excluding hydrogens is 494 g/mol. The number of likely N-dealkylation sites (N-methyl/N-ethyl adjacent to an activating group) is 3. The van der Waals surface area contributed by atoms with E-state index in [9.17, 15) is 10.2 Å². The van der Waals surface area contributed by atoms with Gasteiger partial charge in [-0.1, -0.05) is 117 Å². The molecule has 0 aliphatic rings. The first kappa shape index (κ1) is 39.8. The van der Waals surface area contributed by atoms with Gasteiger partial charge in [-0.05, 0) is 32.7 Å². The third-order valence-electron chi connectivity index (χ3n) is 8.69. The zero-order valence-electron chi connectivity index (χ0n) is 28.8. The van der Waals surface area contributed by atoms with Crippen molar-refractivity contribution in [3.63, 3.8) is 0 Å². The quantitative estimate of drug-likeness (QED) is 0.0688. The molecule has 0 aromatic carbocycles. The molecule has 0 radical (unpaired) electrons. The van der Waals surface area contributed by atoms with Crippen molar-refractivity contribution in [2.45, 2.75) is 154 Å². The first-order valence-electron chi connectivity index (χ1n) is 17.7. The lowest BCUT2D eigenvalue weighted by atomic mass is 10.1. The van der Waals surface area contributed by atoms with E-state index in [1.54, 1.807) is 0 Å². The van der Waals surface area contributed by atoms with Crippen LogP contribution in [0.25, 0.3) is 0 Å². The molecule has 0 aromatic rings. The van der Waals surface area contributed by atoms with Crippen molar-refractivity contribution >= 4 is 0 Å². The summed E-state index contributed by atoms with van der Waals surface area (Å²) >= 11 is 0. The Hall–Kier alpha value is -0.200. The molecule has 0 spiro atoms. The number of nitrogens with zero attached hydrogens (tertiary/aromatic N) is 3. The Morgan fingerprint density at radius 1 is 0.450 bits per heavy atom. The molecule has 5 nitrogen and oxygen atoms in total. The minimum Gasteiger partial charge on any atom is -0.386 e. The van der Waals surface area contributed by atoms with Crippen LogP contribution >= 0.6 is 0 Å². The van der Waals surface area contributed by atoms with Gasteiger partial charge >= 0.3 is 0 Å². The molecule has 5 heteroatoms. The van der Waals surface area contributed by atoms with Crippen LogP contribution in [0.15, 0.2) is 0 Å². The fourth-order valence-corrected chi connectivity index (χ4v) is 6.29. The van der Waals surface area contributed by atoms with E-state index in [0.29, 0.717) is 13.1 Å². The number of unbranched alkanes of at least 4 members (excludes halogenated alkanes) is 18. The van der Waals surface area contributed by atoms with E-state index in [2.05, 4.69) is 46.9 Å². The van der Waals surface area contributed by atoms with Crippen molar-refractivity contribution in [3.8, 4) is 0 Å². The first-order valence-corrected chi connectivity index (χ1v) is 17.7. The maximum Gasteiger partial charge on any atom is 0.115 e. The molecule has 2 unspecified atom stereocenters. The van der Waals surface area contributed by atoms with Gasteiger partial charge in [0.15, 0.2) is 0 Å². The van der Waals surface area contributed by atoms with Crippen LogP contribution in [0, 0.1) is 0 Å². The van der Waals surface area contributed by atoms with Crippen molar-refractivity contribution in [3.05, 3.63) is 0 Å². The summed E-state index contributed by atoms with van der Waals surface area (Å²) in [6.07, 6.45) is 26.6. The summed E-state index contributed by atoms with van der Waals surface area (Å²) in [5.41, 5.74) is 0. The average molecular weight is 572 g/mol. The summed E-state index contributed by atoms with van der Waals surface area (Å²) in [5.74, 6) is 0. The summed E-state index contributed by atoms with van der Waals surface area (Å²) in [7, 11) is 11.0. The van der Waals surface area contributed by atoms with E-state index in [-0.39, 0.29) is 12.2 Å². The first-order chi connectivity index (χ1) is 19.0. The van der Waals surface area contributed by atoms with Crippen LogP contribution in [0.3, 0.4) is 0 Å². The Balaban J connectivity index is 3.95. The van der Waals surface area contributed by atoms with Crippen LogP contribution in [0.2, 0.25) is 0 Å². The van der Waals surface area contributed by atoms with Crippen molar-refractivity contribution in [1.82, 2.24) is 4.90 Å². The molecule has 0 heterocycles. The van der Waals surface area contributed by atoms with E-state index in [1.165, 1.54) is 128 Å². The highest BCUT2D eigenvalue weighted by molar-refractivity contribution is 4.66. The number of rotatable bonds is 30. The van der Waals surface area contributed by atoms with Crippen molar-refractivity contribution in [1.29, 1.82) is 0 Å². The van der Waals surface area contributed by atoms with E-state index < -0.39 is 0 Å². The fraction of sp³-hybridized carbons (Fsp3) is 1.00. The molecule has 242 valence electrons. The van der Waals surface area contributed by atoms with Crippen LogP contribution in [-0.2, 0) is 0 Å². The lowest BCUT2D eigenvalue weighted by Crippen LogP contribution is -2.51. The van der Waals surface area contributed by atoms with Crippen LogP contribution in [0.5, 0.6) is 0 Å². The zero-order chi connectivity index (χ0) is 30.1. The summed E-state index contributed by atoms with van der Waals surface area (Å²) in [6, 6.07) is 0. The SMILES string of the molecule is CCCCCCCCCCCC[N+](C)(C)CC(O)CN(C)CC(O)C[N+](C)(C)CCCCCCCCCCCC. The van der Waals surface area contributed by atoms with Gasteiger partial charge in [-0.3, -0.25) is 0 Å². The van der Waals surface area contributed by atoms with Gasteiger partial charge in [-0.15, -0.1) is 0 Å². The number of quaternary nitrogens is 2. The van der Waals surface area contributed by atoms with E-state index in [4.69, 9.17) is 0 Å². The van der Waals surface area contributed by atoms with Gasteiger partial charge in [-0.2, -0.15) is 0 Å². The Morgan fingerprint density at radius 3 is 0.975 bits per heavy atom. The third kappa shape index (κ3) is 26.7. The summed E-state index contributed by atoms with van der Waals surface area (Å²) in [4.78, 5) is 2.12. The van der Waals surface area contributed by atoms with Gasteiger partial charge in [0, 0.05) is 13.1 Å². The highest BCUT2D eigenvalue weighted by Gasteiger charge is 2.24. The number of hydrogen-bond donors (Lipinski definition) is 2. The third-order valence-corrected chi connectivity index (χ3v) is 8.69. The number of aliphatic hydroxyl groups excluding tert-OH is 2. The lowest BCUT2D eigenvalue weighted by molar-refractivity contribution is -0.893. The smallest absolute Gasteiger partial charge is 0.115 e. The summed E-state index contributed by atoms with van der Waals surface area (Å²) in [6.45, 7) is 9.63. The minimum atomic E-state index is -0.357. The molecule has 0 saturated carbocycles. The molecule has 0 rings (SSSR count). The molecule has 0 aliphatic carbocycles. The van der Waals surface area contributed by atoms with Crippen LogP contribution in [-0.4, -0.2) is 111 Å². The molecule has 40 heavy (non-hydrogen) atoms. The molecule has 2 atom stereocenters. The normalized spacial score (nSPS) is 14.2. The Labute approximate surface area is 252 Å². The van der Waals surface area contributed by atoms with E-state index in [0.717, 1.165) is 35.1 Å². The molecule has 0 aliphatic heterocycles. The topological polar surface area (TPSA) is 43.7 Å². The second kappa shape index (κ2) is 25.3. The second-order valence-corrected chi connectivity index (χ2v) is 14.6. The molecule has 2 N–H and O–H groups in total. The van der Waals surface area contributed by atoms with E-state index >= 15 is 0 Å². The molecule has 0 amide bonds. The maximum absolute atomic E-state index is 10.8. The Kier molecular flexibility index (Phi) is 25.2. The molecular formula is C35H77N3O2+2. The predicted octanol–water partition coefficient (Wildman–Crippen LogP) is 7.63. The number of hydrogen-bond acceptors (Lipinski definition) is 3. The largest absolute Gasteiger partial charge is 0.386 e. The van der Waals surface area contributed by atoms with Gasteiger partial charge in [-0.25, -0.2) is 0 Å². The van der Waals surface area contributed by atoms with Crippen molar-refractivity contribution in [2.75, 3.05) is 74.5 Å². The van der Waals surface area contributed by atoms with Crippen LogP contribution in [0.1, 0.15) is 142 Å². The lowest BCUT2D eigenvalue weighted by Gasteiger charge is -2.35. The average Bonchev–Trinajstić information content (AvgIpc) is 2.85. The standard InChI is InChI=1S/C35H77N3O2/c1-8-10-12-14-16-18-20-22-24-26-28-37(4,5)32-34(39)30-36(3)31-35(40)33-38(6,7)29-27-25-23-21-19-17-15-13-11-9-2/h34-35,39-40H,8-33H2,1-7H3/q+2. The monoisotopic (exact) mass is 572 g/mol.